The van der Waals surface area contributed by atoms with Crippen LogP contribution in [0.1, 0.15) is 11.8 Å². The molecule has 0 amide bonds. The summed E-state index contributed by atoms with van der Waals surface area (Å²) in [4.78, 5) is 1.30. The minimum atomic E-state index is -0.222. The molecule has 0 bridgehead atoms. The van der Waals surface area contributed by atoms with Gasteiger partial charge in [-0.25, -0.2) is 4.39 Å². The van der Waals surface area contributed by atoms with Gasteiger partial charge in [-0.3, -0.25) is 4.68 Å². The van der Waals surface area contributed by atoms with E-state index in [1.165, 1.54) is 11.0 Å². The summed E-state index contributed by atoms with van der Waals surface area (Å²) in [6.07, 6.45) is -0.00412. The van der Waals surface area contributed by atoms with E-state index < -0.39 is 0 Å². The molecule has 4 nitrogen and oxygen atoms in total. The molecule has 0 saturated heterocycles. The van der Waals surface area contributed by atoms with Crippen LogP contribution in [0.4, 0.5) is 4.39 Å². The first-order valence-corrected chi connectivity index (χ1v) is 6.22. The fourth-order valence-corrected chi connectivity index (χ4v) is 2.52. The highest BCUT2D eigenvalue weighted by Crippen LogP contribution is 2.29. The summed E-state index contributed by atoms with van der Waals surface area (Å²) in [5.41, 5.74) is 1.85. The number of aromatic nitrogens is 2. The summed E-state index contributed by atoms with van der Waals surface area (Å²) < 4.78 is 21.2. The van der Waals surface area contributed by atoms with Gasteiger partial charge < -0.3 is 22.0 Å². The van der Waals surface area contributed by atoms with E-state index in [1.807, 2.05) is 4.68 Å². The van der Waals surface area contributed by atoms with Crippen molar-refractivity contribution in [1.29, 1.82) is 0 Å². The molecule has 19 heavy (non-hydrogen) atoms. The molecular weight excluding hydrogens is 269 g/mol. The van der Waals surface area contributed by atoms with Crippen molar-refractivity contribution in [3.63, 3.8) is 0 Å². The van der Waals surface area contributed by atoms with Crippen molar-refractivity contribution in [2.24, 2.45) is 0 Å². The molecule has 0 saturated carbocycles. The maximum absolute atomic E-state index is 13.4. The molecule has 6 heteroatoms. The number of likely N-dealkylation sites (N-methyl/N-ethyl adjacent to an activating group) is 1. The number of benzene rings is 1. The number of ether oxygens (including phenoxy) is 1. The van der Waals surface area contributed by atoms with Crippen LogP contribution in [0.5, 0.6) is 0 Å². The van der Waals surface area contributed by atoms with Gasteiger partial charge in [0.15, 0.2) is 0 Å². The Bertz CT molecular complexity index is 585. The lowest BCUT2D eigenvalue weighted by atomic mass is 10.1. The number of nitrogens with zero attached hydrogens (tertiary/aromatic N) is 2. The Morgan fingerprint density at radius 2 is 2.26 bits per heavy atom. The van der Waals surface area contributed by atoms with Crippen LogP contribution in [0, 0.1) is 5.82 Å². The molecule has 0 spiro atoms. The Kier molecular flexibility index (Phi) is 4.08. The summed E-state index contributed by atoms with van der Waals surface area (Å²) in [5, 5.41) is 5.39. The summed E-state index contributed by atoms with van der Waals surface area (Å²) in [5.74, 6) is -0.222. The Morgan fingerprint density at radius 3 is 3.00 bits per heavy atom. The van der Waals surface area contributed by atoms with Gasteiger partial charge in [0.05, 0.1) is 38.5 Å². The minimum Gasteiger partial charge on any atom is -1.00 e. The fraction of sp³-hybridized carbons (Fsp3) is 0.462. The largest absolute Gasteiger partial charge is 1.00 e. The van der Waals surface area contributed by atoms with E-state index in [0.29, 0.717) is 6.61 Å². The zero-order chi connectivity index (χ0) is 12.7. The summed E-state index contributed by atoms with van der Waals surface area (Å²) in [6.45, 7) is 2.27. The van der Waals surface area contributed by atoms with Crippen LogP contribution < -0.4 is 17.3 Å². The summed E-state index contributed by atoms with van der Waals surface area (Å²) >= 11 is 0. The van der Waals surface area contributed by atoms with Crippen LogP contribution in [0.25, 0.3) is 10.9 Å². The number of hydrogen-bond donors (Lipinski definition) is 1. The Balaban J connectivity index is 0.00000133. The maximum Gasteiger partial charge on any atom is 0.148 e. The van der Waals surface area contributed by atoms with E-state index >= 15 is 0 Å². The molecule has 104 valence electrons. The van der Waals surface area contributed by atoms with Gasteiger partial charge in [0.25, 0.3) is 0 Å². The first-order chi connectivity index (χ1) is 8.65. The van der Waals surface area contributed by atoms with Gasteiger partial charge in [0.2, 0.25) is 0 Å². The predicted octanol–water partition coefficient (Wildman–Crippen LogP) is -2.60. The van der Waals surface area contributed by atoms with Gasteiger partial charge in [-0.2, -0.15) is 5.10 Å². The molecular formula is C13H17ClFN3O. The quantitative estimate of drug-likeness (QED) is 0.656. The molecule has 1 aromatic heterocycles. The number of rotatable bonds is 2. The molecule has 1 aromatic carbocycles. The van der Waals surface area contributed by atoms with Gasteiger partial charge in [-0.1, -0.05) is 0 Å². The van der Waals surface area contributed by atoms with Gasteiger partial charge >= 0.3 is 0 Å². The zero-order valence-electron chi connectivity index (χ0n) is 11.0. The highest BCUT2D eigenvalue weighted by Gasteiger charge is 2.27. The van der Waals surface area contributed by atoms with Crippen molar-refractivity contribution >= 4 is 10.9 Å². The molecule has 2 heterocycles. The minimum absolute atomic E-state index is 0. The molecule has 3 rings (SSSR count). The predicted molar refractivity (Wildman–Crippen MR) is 66.1 cm³/mol. The number of nitrogens with one attached hydrogen (secondary N) is 1. The van der Waals surface area contributed by atoms with Gasteiger partial charge in [0.1, 0.15) is 18.5 Å². The van der Waals surface area contributed by atoms with Crippen molar-refractivity contribution < 1.29 is 26.4 Å². The lowest BCUT2D eigenvalue weighted by molar-refractivity contribution is -0.862. The SMILES string of the molecule is C[NH+](C)CC1OCCn2nc3ccc(F)cc3c21.[Cl-]. The van der Waals surface area contributed by atoms with Gasteiger partial charge in [-0.05, 0) is 18.2 Å². The summed E-state index contributed by atoms with van der Waals surface area (Å²) in [7, 11) is 4.17. The Labute approximate surface area is 117 Å². The lowest BCUT2D eigenvalue weighted by Gasteiger charge is -2.25. The van der Waals surface area contributed by atoms with Gasteiger partial charge in [0, 0.05) is 5.39 Å². The second-order valence-electron chi connectivity index (χ2n) is 5.04. The second-order valence-corrected chi connectivity index (χ2v) is 5.04. The molecule has 1 unspecified atom stereocenters. The van der Waals surface area contributed by atoms with E-state index in [-0.39, 0.29) is 24.3 Å². The Morgan fingerprint density at radius 1 is 1.47 bits per heavy atom. The number of hydrogen-bond acceptors (Lipinski definition) is 2. The van der Waals surface area contributed by atoms with Crippen molar-refractivity contribution in [1.82, 2.24) is 9.78 Å². The standard InChI is InChI=1S/C13H16FN3O.ClH/c1-16(2)8-12-13-10-7-9(14)3-4-11(10)15-17(13)5-6-18-12;/h3-4,7,12H,5-6,8H2,1-2H3;1H. The molecule has 2 aromatic rings. The number of quaternary nitrogens is 1. The smallest absolute Gasteiger partial charge is 0.148 e. The molecule has 0 aliphatic carbocycles. The van der Waals surface area contributed by atoms with Crippen molar-refractivity contribution in [3.8, 4) is 0 Å². The molecule has 1 aliphatic heterocycles. The molecule has 1 N–H and O–H groups in total. The topological polar surface area (TPSA) is 31.5 Å². The third-order valence-corrected chi connectivity index (χ3v) is 3.26. The van der Waals surface area contributed by atoms with Crippen LogP contribution in [-0.2, 0) is 11.3 Å². The van der Waals surface area contributed by atoms with E-state index in [2.05, 4.69) is 19.2 Å². The maximum atomic E-state index is 13.4. The molecule has 0 radical (unpaired) electrons. The zero-order valence-corrected chi connectivity index (χ0v) is 11.7. The number of fused-ring (bicyclic) bond motifs is 3. The van der Waals surface area contributed by atoms with Crippen LogP contribution in [0.3, 0.4) is 0 Å². The van der Waals surface area contributed by atoms with Crippen LogP contribution >= 0.6 is 0 Å². The van der Waals surface area contributed by atoms with Crippen LogP contribution in [0.2, 0.25) is 0 Å². The van der Waals surface area contributed by atoms with Crippen molar-refractivity contribution in [2.75, 3.05) is 27.2 Å². The first-order valence-electron chi connectivity index (χ1n) is 6.22. The average Bonchev–Trinajstić information content (AvgIpc) is 2.67. The summed E-state index contributed by atoms with van der Waals surface area (Å²) in [6, 6.07) is 4.74. The highest BCUT2D eigenvalue weighted by atomic mass is 35.5. The van der Waals surface area contributed by atoms with Crippen molar-refractivity contribution in [3.05, 3.63) is 29.7 Å². The highest BCUT2D eigenvalue weighted by molar-refractivity contribution is 5.82. The first kappa shape index (κ1) is 14.2. The molecule has 0 fully saturated rings. The number of halogens is 2. The molecule has 1 atom stereocenters. The van der Waals surface area contributed by atoms with Crippen molar-refractivity contribution in [2.45, 2.75) is 12.6 Å². The monoisotopic (exact) mass is 285 g/mol. The molecule has 1 aliphatic rings. The normalized spacial score (nSPS) is 18.4. The van der Waals surface area contributed by atoms with E-state index in [1.54, 1.807) is 12.1 Å². The fourth-order valence-electron chi connectivity index (χ4n) is 2.52. The van der Waals surface area contributed by atoms with E-state index in [4.69, 9.17) is 4.74 Å². The third-order valence-electron chi connectivity index (χ3n) is 3.26. The van der Waals surface area contributed by atoms with E-state index in [9.17, 15) is 4.39 Å². The van der Waals surface area contributed by atoms with Crippen LogP contribution in [-0.4, -0.2) is 37.0 Å². The Hall–Kier alpha value is -1.17. The second kappa shape index (κ2) is 5.45. The lowest BCUT2D eigenvalue weighted by Crippen LogP contribution is -3.06. The third kappa shape index (κ3) is 2.59. The average molecular weight is 286 g/mol. The van der Waals surface area contributed by atoms with E-state index in [0.717, 1.165) is 29.7 Å². The van der Waals surface area contributed by atoms with Gasteiger partial charge in [-0.15, -0.1) is 0 Å². The van der Waals surface area contributed by atoms with Crippen LogP contribution in [0.15, 0.2) is 18.2 Å².